The predicted octanol–water partition coefficient (Wildman–Crippen LogP) is 4.82. The first-order valence-electron chi connectivity index (χ1n) is 11.0. The lowest BCUT2D eigenvalue weighted by atomic mass is 10.0. The number of hydrogen-bond donors (Lipinski definition) is 0. The number of para-hydroxylation sites is 1. The van der Waals surface area contributed by atoms with Crippen molar-refractivity contribution in [3.05, 3.63) is 102 Å². The van der Waals surface area contributed by atoms with Gasteiger partial charge in [0.05, 0.1) is 18.9 Å². The first-order chi connectivity index (χ1) is 16.3. The lowest BCUT2D eigenvalue weighted by molar-refractivity contribution is 0.0989. The molecule has 6 nitrogen and oxygen atoms in total. The highest BCUT2D eigenvalue weighted by molar-refractivity contribution is 8.00. The fraction of sp³-hybridized carbons (Fsp3) is 0.192. The Kier molecular flexibility index (Phi) is 6.51. The third-order valence-corrected chi connectivity index (χ3v) is 6.74. The summed E-state index contributed by atoms with van der Waals surface area (Å²) in [5.41, 5.74) is 2.58. The van der Waals surface area contributed by atoms with Crippen molar-refractivity contribution < 1.29 is 9.53 Å². The summed E-state index contributed by atoms with van der Waals surface area (Å²) in [4.78, 5) is 15.8. The lowest BCUT2D eigenvalue weighted by Crippen LogP contribution is -2.37. The van der Waals surface area contributed by atoms with Crippen molar-refractivity contribution in [2.75, 3.05) is 31.2 Å². The molecule has 1 aliphatic heterocycles. The van der Waals surface area contributed by atoms with Gasteiger partial charge in [-0.3, -0.25) is 9.36 Å². The number of nitrogens with zero attached hydrogens (tertiary/aromatic N) is 4. The van der Waals surface area contributed by atoms with E-state index in [1.807, 2.05) is 95.6 Å². The lowest BCUT2D eigenvalue weighted by Gasteiger charge is -2.28. The predicted molar refractivity (Wildman–Crippen MR) is 130 cm³/mol. The molecule has 5 rings (SSSR count). The molecule has 0 spiro atoms. The molecule has 1 saturated heterocycles. The van der Waals surface area contributed by atoms with Crippen LogP contribution in [0.15, 0.2) is 96.2 Å². The van der Waals surface area contributed by atoms with Gasteiger partial charge in [0, 0.05) is 18.7 Å². The fourth-order valence-electron chi connectivity index (χ4n) is 3.87. The Hall–Kier alpha value is -3.42. The summed E-state index contributed by atoms with van der Waals surface area (Å²) in [7, 11) is 0. The van der Waals surface area contributed by atoms with Gasteiger partial charge in [-0.1, -0.05) is 90.6 Å². The number of anilines is 1. The summed E-state index contributed by atoms with van der Waals surface area (Å²) >= 11 is 1.43. The van der Waals surface area contributed by atoms with E-state index in [1.165, 1.54) is 11.8 Å². The number of carbonyl (C=O) groups excluding carboxylic acids is 1. The van der Waals surface area contributed by atoms with E-state index < -0.39 is 5.25 Å². The molecule has 7 heteroatoms. The minimum absolute atomic E-state index is 0.0438. The zero-order valence-corrected chi connectivity index (χ0v) is 18.9. The zero-order chi connectivity index (χ0) is 22.5. The molecule has 1 unspecified atom stereocenters. The van der Waals surface area contributed by atoms with Crippen molar-refractivity contribution in [2.24, 2.45) is 0 Å². The Morgan fingerprint density at radius 2 is 1.42 bits per heavy atom. The molecule has 0 saturated carbocycles. The molecule has 1 fully saturated rings. The maximum Gasteiger partial charge on any atom is 0.232 e. The molecule has 4 aromatic rings. The third kappa shape index (κ3) is 4.69. The summed E-state index contributed by atoms with van der Waals surface area (Å²) in [6, 6.07) is 29.3. The Balaban J connectivity index is 1.57. The van der Waals surface area contributed by atoms with Crippen molar-refractivity contribution in [3.63, 3.8) is 0 Å². The highest BCUT2D eigenvalue weighted by Gasteiger charge is 2.28. The topological polar surface area (TPSA) is 60.3 Å². The minimum atomic E-state index is -0.446. The minimum Gasteiger partial charge on any atom is -0.378 e. The van der Waals surface area contributed by atoms with Gasteiger partial charge in [0.25, 0.3) is 0 Å². The first-order valence-corrected chi connectivity index (χ1v) is 11.8. The molecule has 1 aliphatic rings. The van der Waals surface area contributed by atoms with E-state index in [9.17, 15) is 4.79 Å². The van der Waals surface area contributed by atoms with E-state index in [0.717, 1.165) is 30.3 Å². The van der Waals surface area contributed by atoms with Crippen LogP contribution in [0.25, 0.3) is 5.69 Å². The van der Waals surface area contributed by atoms with Crippen molar-refractivity contribution in [1.82, 2.24) is 14.8 Å². The van der Waals surface area contributed by atoms with E-state index in [4.69, 9.17) is 4.74 Å². The number of Topliss-reactive ketones (excluding diaryl/α,β-unsaturated/α-hetero) is 1. The molecule has 33 heavy (non-hydrogen) atoms. The van der Waals surface area contributed by atoms with E-state index in [2.05, 4.69) is 15.1 Å². The van der Waals surface area contributed by atoms with Gasteiger partial charge < -0.3 is 9.64 Å². The van der Waals surface area contributed by atoms with Gasteiger partial charge in [-0.2, -0.15) is 0 Å². The summed E-state index contributed by atoms with van der Waals surface area (Å²) in [5.74, 6) is 0.813. The number of thioether (sulfide) groups is 1. The summed E-state index contributed by atoms with van der Waals surface area (Å²) in [5, 5.41) is 9.33. The summed E-state index contributed by atoms with van der Waals surface area (Å²) in [6.45, 7) is 2.81. The fourth-order valence-corrected chi connectivity index (χ4v) is 5.00. The number of ether oxygens (including phenoxy) is 1. The molecular formula is C26H24N4O2S. The van der Waals surface area contributed by atoms with Crippen LogP contribution in [0.3, 0.4) is 0 Å². The summed E-state index contributed by atoms with van der Waals surface area (Å²) in [6.07, 6.45) is 0. The van der Waals surface area contributed by atoms with Crippen LogP contribution in [0.4, 0.5) is 5.95 Å². The van der Waals surface area contributed by atoms with Crippen molar-refractivity contribution in [3.8, 4) is 5.69 Å². The van der Waals surface area contributed by atoms with Crippen LogP contribution >= 0.6 is 11.8 Å². The SMILES string of the molecule is O=C(c1ccccc1)C(Sc1nnc(N2CCOCC2)n1-c1ccccc1)c1ccccc1. The molecule has 2 heterocycles. The second kappa shape index (κ2) is 10.0. The van der Waals surface area contributed by atoms with Crippen molar-refractivity contribution >= 4 is 23.5 Å². The number of rotatable bonds is 7. The van der Waals surface area contributed by atoms with Crippen LogP contribution in [0, 0.1) is 0 Å². The first kappa shape index (κ1) is 21.4. The monoisotopic (exact) mass is 456 g/mol. The highest BCUT2D eigenvalue weighted by Crippen LogP contribution is 2.39. The maximum atomic E-state index is 13.6. The molecule has 0 bridgehead atoms. The Morgan fingerprint density at radius 3 is 2.09 bits per heavy atom. The van der Waals surface area contributed by atoms with Gasteiger partial charge in [0.1, 0.15) is 5.25 Å². The second-order valence-electron chi connectivity index (χ2n) is 7.69. The standard InChI is InChI=1S/C26H24N4O2S/c31-23(20-10-4-1-5-11-20)24(21-12-6-2-7-13-21)33-26-28-27-25(29-16-18-32-19-17-29)30(26)22-14-8-3-9-15-22/h1-15,24H,16-19H2. The van der Waals surface area contributed by atoms with Crippen LogP contribution in [-0.2, 0) is 4.74 Å². The Bertz CT molecular complexity index is 1190. The molecule has 0 amide bonds. The van der Waals surface area contributed by atoms with E-state index in [1.54, 1.807) is 0 Å². The smallest absolute Gasteiger partial charge is 0.232 e. The van der Waals surface area contributed by atoms with Crippen LogP contribution in [0.2, 0.25) is 0 Å². The second-order valence-corrected chi connectivity index (χ2v) is 8.76. The number of hydrogen-bond acceptors (Lipinski definition) is 6. The van der Waals surface area contributed by atoms with Gasteiger partial charge in [-0.25, -0.2) is 0 Å². The van der Waals surface area contributed by atoms with E-state index in [0.29, 0.717) is 23.9 Å². The van der Waals surface area contributed by atoms with Gasteiger partial charge in [0.2, 0.25) is 5.95 Å². The van der Waals surface area contributed by atoms with E-state index in [-0.39, 0.29) is 5.78 Å². The molecular weight excluding hydrogens is 432 g/mol. The van der Waals surface area contributed by atoms with Crippen molar-refractivity contribution in [2.45, 2.75) is 10.4 Å². The number of aromatic nitrogens is 3. The largest absolute Gasteiger partial charge is 0.378 e. The number of morpholine rings is 1. The number of carbonyl (C=O) groups is 1. The Labute approximate surface area is 197 Å². The normalized spacial score (nSPS) is 14.7. The third-order valence-electron chi connectivity index (χ3n) is 5.55. The van der Waals surface area contributed by atoms with Crippen LogP contribution < -0.4 is 4.90 Å². The van der Waals surface area contributed by atoms with Gasteiger partial charge in [-0.05, 0) is 17.7 Å². The van der Waals surface area contributed by atoms with Crippen molar-refractivity contribution in [1.29, 1.82) is 0 Å². The molecule has 0 radical (unpaired) electrons. The molecule has 166 valence electrons. The molecule has 0 aliphatic carbocycles. The zero-order valence-electron chi connectivity index (χ0n) is 18.1. The van der Waals surface area contributed by atoms with Crippen LogP contribution in [0.5, 0.6) is 0 Å². The average molecular weight is 457 g/mol. The highest BCUT2D eigenvalue weighted by atomic mass is 32.2. The molecule has 1 aromatic heterocycles. The quantitative estimate of drug-likeness (QED) is 0.294. The number of benzene rings is 3. The van der Waals surface area contributed by atoms with E-state index >= 15 is 0 Å². The van der Waals surface area contributed by atoms with Crippen LogP contribution in [0.1, 0.15) is 21.2 Å². The average Bonchev–Trinajstić information content (AvgIpc) is 3.32. The molecule has 0 N–H and O–H groups in total. The maximum absolute atomic E-state index is 13.6. The van der Waals surface area contributed by atoms with Gasteiger partial charge in [-0.15, -0.1) is 10.2 Å². The number of ketones is 1. The Morgan fingerprint density at radius 1 is 0.818 bits per heavy atom. The van der Waals surface area contributed by atoms with Crippen LogP contribution in [-0.4, -0.2) is 46.9 Å². The molecule has 1 atom stereocenters. The molecule has 3 aromatic carbocycles. The summed E-state index contributed by atoms with van der Waals surface area (Å²) < 4.78 is 7.57. The van der Waals surface area contributed by atoms with Gasteiger partial charge in [0.15, 0.2) is 10.9 Å². The van der Waals surface area contributed by atoms with Gasteiger partial charge >= 0.3 is 0 Å².